The maximum atomic E-state index is 5.92. The van der Waals surface area contributed by atoms with E-state index < -0.39 is 0 Å². The molecule has 2 N–H and O–H groups in total. The average Bonchev–Trinajstić information content (AvgIpc) is 2.54. The predicted molar refractivity (Wildman–Crippen MR) is 66.3 cm³/mol. The molecular formula is C14H14N2O. The van der Waals surface area contributed by atoms with Crippen molar-refractivity contribution in [2.24, 2.45) is 5.73 Å². The van der Waals surface area contributed by atoms with E-state index in [2.05, 4.69) is 11.1 Å². The van der Waals surface area contributed by atoms with Crippen molar-refractivity contribution in [3.8, 4) is 11.5 Å². The number of pyridine rings is 1. The van der Waals surface area contributed by atoms with E-state index >= 15 is 0 Å². The van der Waals surface area contributed by atoms with Crippen molar-refractivity contribution in [1.82, 2.24) is 4.98 Å². The van der Waals surface area contributed by atoms with E-state index in [1.54, 1.807) is 6.20 Å². The van der Waals surface area contributed by atoms with Gasteiger partial charge in [0.15, 0.2) is 0 Å². The first-order chi connectivity index (χ1) is 8.38. The largest absolute Gasteiger partial charge is 0.455 e. The number of hydrogen-bond donors (Lipinski definition) is 1. The fraction of sp³-hybridized carbons (Fsp3) is 0.214. The Hall–Kier alpha value is -1.87. The van der Waals surface area contributed by atoms with Gasteiger partial charge in [0.05, 0.1) is 5.69 Å². The van der Waals surface area contributed by atoms with E-state index in [4.69, 9.17) is 10.5 Å². The first-order valence-electron chi connectivity index (χ1n) is 5.79. The summed E-state index contributed by atoms with van der Waals surface area (Å²) in [7, 11) is 0. The van der Waals surface area contributed by atoms with Crippen LogP contribution in [0.5, 0.6) is 11.5 Å². The molecule has 2 heterocycles. The quantitative estimate of drug-likeness (QED) is 0.812. The van der Waals surface area contributed by atoms with Crippen molar-refractivity contribution in [2.75, 3.05) is 6.54 Å². The summed E-state index contributed by atoms with van der Waals surface area (Å²) in [5.41, 5.74) is 8.01. The van der Waals surface area contributed by atoms with E-state index in [9.17, 15) is 0 Å². The van der Waals surface area contributed by atoms with Gasteiger partial charge in [-0.15, -0.1) is 0 Å². The summed E-state index contributed by atoms with van der Waals surface area (Å²) in [6.07, 6.45) is 2.68. The van der Waals surface area contributed by atoms with Crippen molar-refractivity contribution >= 4 is 0 Å². The molecule has 0 radical (unpaired) electrons. The number of para-hydroxylation sites is 1. The monoisotopic (exact) mass is 226 g/mol. The summed E-state index contributed by atoms with van der Waals surface area (Å²) < 4.78 is 5.92. The van der Waals surface area contributed by atoms with Gasteiger partial charge in [0, 0.05) is 18.7 Å². The number of rotatable bonds is 1. The average molecular weight is 226 g/mol. The molecule has 0 bridgehead atoms. The molecule has 0 saturated carbocycles. The number of aromatic nitrogens is 1. The Bertz CT molecular complexity index is 539. The second kappa shape index (κ2) is 4.18. The fourth-order valence-electron chi connectivity index (χ4n) is 2.24. The zero-order valence-corrected chi connectivity index (χ0v) is 9.47. The highest BCUT2D eigenvalue weighted by Gasteiger charge is 2.22. The van der Waals surface area contributed by atoms with Crippen LogP contribution in [-0.2, 0) is 6.42 Å². The third kappa shape index (κ3) is 1.78. The molecule has 0 saturated heterocycles. The van der Waals surface area contributed by atoms with Gasteiger partial charge in [0.2, 0.25) is 0 Å². The lowest BCUT2D eigenvalue weighted by atomic mass is 9.96. The van der Waals surface area contributed by atoms with E-state index in [1.807, 2.05) is 30.3 Å². The van der Waals surface area contributed by atoms with Gasteiger partial charge >= 0.3 is 0 Å². The van der Waals surface area contributed by atoms with Crippen molar-refractivity contribution < 1.29 is 4.74 Å². The lowest BCUT2D eigenvalue weighted by Gasteiger charge is -2.12. The molecular weight excluding hydrogens is 212 g/mol. The smallest absolute Gasteiger partial charge is 0.149 e. The van der Waals surface area contributed by atoms with Crippen molar-refractivity contribution in [1.29, 1.82) is 0 Å². The number of hydrogen-bond acceptors (Lipinski definition) is 3. The molecule has 17 heavy (non-hydrogen) atoms. The van der Waals surface area contributed by atoms with Crippen molar-refractivity contribution in [2.45, 2.75) is 12.3 Å². The summed E-state index contributed by atoms with van der Waals surface area (Å²) in [5.74, 6) is 1.97. The summed E-state index contributed by atoms with van der Waals surface area (Å²) in [6, 6.07) is 11.9. The SMILES string of the molecule is NCC1Cc2ccccc2Oc2cccnc21. The maximum absolute atomic E-state index is 5.92. The number of nitrogens with two attached hydrogens (primary N) is 1. The van der Waals surface area contributed by atoms with Crippen LogP contribution in [0.15, 0.2) is 42.6 Å². The number of nitrogens with zero attached hydrogens (tertiary/aromatic N) is 1. The number of fused-ring (bicyclic) bond motifs is 2. The summed E-state index contributed by atoms with van der Waals surface area (Å²) in [4.78, 5) is 4.41. The third-order valence-corrected chi connectivity index (χ3v) is 3.13. The Labute approximate surface area is 100 Å². The van der Waals surface area contributed by atoms with Gasteiger partial charge in [0.25, 0.3) is 0 Å². The Kier molecular flexibility index (Phi) is 2.53. The molecule has 1 aromatic heterocycles. The van der Waals surface area contributed by atoms with Crippen LogP contribution in [0, 0.1) is 0 Å². The Morgan fingerprint density at radius 3 is 2.88 bits per heavy atom. The van der Waals surface area contributed by atoms with Crippen LogP contribution >= 0.6 is 0 Å². The minimum absolute atomic E-state index is 0.231. The van der Waals surface area contributed by atoms with Gasteiger partial charge in [-0.2, -0.15) is 0 Å². The van der Waals surface area contributed by atoms with Crippen LogP contribution in [0.3, 0.4) is 0 Å². The molecule has 86 valence electrons. The van der Waals surface area contributed by atoms with Crippen LogP contribution in [0.1, 0.15) is 17.2 Å². The molecule has 3 nitrogen and oxygen atoms in total. The zero-order chi connectivity index (χ0) is 11.7. The first kappa shape index (κ1) is 10.3. The highest BCUT2D eigenvalue weighted by atomic mass is 16.5. The lowest BCUT2D eigenvalue weighted by molar-refractivity contribution is 0.474. The molecule has 0 aliphatic carbocycles. The van der Waals surface area contributed by atoms with Crippen LogP contribution in [0.4, 0.5) is 0 Å². The van der Waals surface area contributed by atoms with Crippen LogP contribution in [0.25, 0.3) is 0 Å². The van der Waals surface area contributed by atoms with Gasteiger partial charge < -0.3 is 10.5 Å². The predicted octanol–water partition coefficient (Wildman–Crippen LogP) is 2.47. The minimum Gasteiger partial charge on any atom is -0.455 e. The van der Waals surface area contributed by atoms with E-state index in [1.165, 1.54) is 5.56 Å². The second-order valence-electron chi connectivity index (χ2n) is 4.23. The van der Waals surface area contributed by atoms with E-state index in [-0.39, 0.29) is 5.92 Å². The highest BCUT2D eigenvalue weighted by molar-refractivity contribution is 5.44. The van der Waals surface area contributed by atoms with E-state index in [0.29, 0.717) is 6.54 Å². The van der Waals surface area contributed by atoms with Gasteiger partial charge in [-0.1, -0.05) is 18.2 Å². The topological polar surface area (TPSA) is 48.1 Å². The third-order valence-electron chi connectivity index (χ3n) is 3.13. The second-order valence-corrected chi connectivity index (χ2v) is 4.23. The Balaban J connectivity index is 2.13. The zero-order valence-electron chi connectivity index (χ0n) is 9.47. The molecule has 1 unspecified atom stereocenters. The molecule has 2 aromatic rings. The molecule has 0 spiro atoms. The molecule has 1 atom stereocenters. The minimum atomic E-state index is 0.231. The Morgan fingerprint density at radius 1 is 1.18 bits per heavy atom. The molecule has 0 amide bonds. The summed E-state index contributed by atoms with van der Waals surface area (Å²) >= 11 is 0. The molecule has 3 rings (SSSR count). The fourth-order valence-corrected chi connectivity index (χ4v) is 2.24. The van der Waals surface area contributed by atoms with Gasteiger partial charge in [-0.25, -0.2) is 0 Å². The summed E-state index contributed by atoms with van der Waals surface area (Å²) in [6.45, 7) is 0.585. The first-order valence-corrected chi connectivity index (χ1v) is 5.79. The number of ether oxygens (including phenoxy) is 1. The molecule has 0 fully saturated rings. The molecule has 1 aromatic carbocycles. The molecule has 1 aliphatic rings. The normalized spacial score (nSPS) is 17.6. The molecule has 3 heteroatoms. The Morgan fingerprint density at radius 2 is 2.00 bits per heavy atom. The van der Waals surface area contributed by atoms with Crippen molar-refractivity contribution in [3.05, 3.63) is 53.9 Å². The lowest BCUT2D eigenvalue weighted by Crippen LogP contribution is -2.15. The van der Waals surface area contributed by atoms with Crippen LogP contribution < -0.4 is 10.5 Å². The standard InChI is InChI=1S/C14H14N2O/c15-9-11-8-10-4-1-2-5-12(10)17-13-6-3-7-16-14(11)13/h1-7,11H,8-9,15H2. The van der Waals surface area contributed by atoms with Gasteiger partial charge in [0.1, 0.15) is 11.5 Å². The van der Waals surface area contributed by atoms with Crippen LogP contribution in [-0.4, -0.2) is 11.5 Å². The van der Waals surface area contributed by atoms with E-state index in [0.717, 1.165) is 23.6 Å². The highest BCUT2D eigenvalue weighted by Crippen LogP contribution is 2.37. The molecule has 1 aliphatic heterocycles. The maximum Gasteiger partial charge on any atom is 0.149 e. The van der Waals surface area contributed by atoms with Crippen molar-refractivity contribution in [3.63, 3.8) is 0 Å². The van der Waals surface area contributed by atoms with Crippen LogP contribution in [0.2, 0.25) is 0 Å². The van der Waals surface area contributed by atoms with Gasteiger partial charge in [-0.05, 0) is 30.2 Å². The van der Waals surface area contributed by atoms with Gasteiger partial charge in [-0.3, -0.25) is 4.98 Å². The summed E-state index contributed by atoms with van der Waals surface area (Å²) in [5, 5.41) is 0. The number of benzene rings is 1.